The van der Waals surface area contributed by atoms with Crippen LogP contribution >= 0.6 is 0 Å². The standard InChI is InChI=1S/C37H54N2O26/c1-9-20(28(48)49)60-30(52)32(58-13-11-38(3,4)5)62-26(46)18-36(34(54)55,16-22(40)41)64-24(44)15-25(45)65-37(35(56)57,17-23(42)43)19-27(47)63-33(59-14-12-39(6,7)8)31(53)61-21(10-2)29(50)51/h20-21,32-33H,9-19H2,1-8H3,(H4-2,40,41,42,43,48,49,50,51,54,55,56,57)/p+2. The van der Waals surface area contributed by atoms with Gasteiger partial charge in [-0.25, -0.2) is 28.8 Å². The molecule has 0 saturated carbocycles. The molecule has 0 aromatic rings. The van der Waals surface area contributed by atoms with E-state index >= 15 is 0 Å². The van der Waals surface area contributed by atoms with Gasteiger partial charge in [-0.3, -0.25) is 28.8 Å². The number of ether oxygens (including phenoxy) is 8. The lowest BCUT2D eigenvalue weighted by molar-refractivity contribution is -0.870. The van der Waals surface area contributed by atoms with E-state index in [2.05, 4.69) is 0 Å². The molecule has 368 valence electrons. The second-order valence-corrected chi connectivity index (χ2v) is 16.0. The van der Waals surface area contributed by atoms with Crippen molar-refractivity contribution in [2.24, 2.45) is 0 Å². The Kier molecular flexibility index (Phi) is 23.1. The fraction of sp³-hybridized carbons (Fsp3) is 0.676. The van der Waals surface area contributed by atoms with Crippen LogP contribution in [0.5, 0.6) is 0 Å². The molecule has 0 radical (unpaired) electrons. The van der Waals surface area contributed by atoms with Gasteiger partial charge in [0.25, 0.3) is 0 Å². The SMILES string of the molecule is CCC(OC(=O)C(OCC[N+](C)(C)C)OC(=O)CC(CC(=O)O)(OC(=O)CC(=O)OC(CC(=O)O)(CC(=O)OC(OCC[N+](C)(C)C)C(=O)OC(CC)C(=O)O)C(=O)O)C(=O)O)C(=O)O. The molecule has 0 saturated heterocycles. The van der Waals surface area contributed by atoms with Crippen LogP contribution in [-0.2, 0) is 95.4 Å². The molecular formula is C37H56N2O26+2. The number of nitrogens with zero attached hydrogens (tertiary/aromatic N) is 2. The van der Waals surface area contributed by atoms with Gasteiger partial charge < -0.3 is 77.5 Å². The minimum absolute atomic E-state index is 0.134. The first-order chi connectivity index (χ1) is 29.7. The van der Waals surface area contributed by atoms with Crippen molar-refractivity contribution in [2.45, 2.75) is 94.8 Å². The topological polar surface area (TPSA) is 400 Å². The lowest BCUT2D eigenvalue weighted by Crippen LogP contribution is -2.50. The smallest absolute Gasteiger partial charge is 0.377 e. The largest absolute Gasteiger partial charge is 0.481 e. The third kappa shape index (κ3) is 22.1. The van der Waals surface area contributed by atoms with Crippen LogP contribution in [0.4, 0.5) is 0 Å². The minimum Gasteiger partial charge on any atom is -0.481 e. The third-order valence-electron chi connectivity index (χ3n) is 8.15. The maximum absolute atomic E-state index is 13.1. The van der Waals surface area contributed by atoms with Gasteiger partial charge in [-0.2, -0.15) is 0 Å². The maximum atomic E-state index is 13.1. The predicted molar refractivity (Wildman–Crippen MR) is 204 cm³/mol. The molecule has 28 heteroatoms. The molecule has 0 heterocycles. The van der Waals surface area contributed by atoms with Gasteiger partial charge in [0.05, 0.1) is 68.0 Å². The van der Waals surface area contributed by atoms with E-state index in [1.54, 1.807) is 42.3 Å². The Bertz CT molecular complexity index is 1660. The summed E-state index contributed by atoms with van der Waals surface area (Å²) in [6.45, 7) is 2.18. The first-order valence-corrected chi connectivity index (χ1v) is 19.2. The highest BCUT2D eigenvalue weighted by Gasteiger charge is 2.51. The fourth-order valence-corrected chi connectivity index (χ4v) is 4.74. The van der Waals surface area contributed by atoms with E-state index in [0.29, 0.717) is 0 Å². The second-order valence-electron chi connectivity index (χ2n) is 16.0. The van der Waals surface area contributed by atoms with Gasteiger partial charge in [-0.05, 0) is 12.8 Å². The highest BCUT2D eigenvalue weighted by molar-refractivity contribution is 5.98. The van der Waals surface area contributed by atoms with Gasteiger partial charge in [0.2, 0.25) is 11.2 Å². The van der Waals surface area contributed by atoms with Crippen molar-refractivity contribution in [3.8, 4) is 0 Å². The fourth-order valence-electron chi connectivity index (χ4n) is 4.74. The zero-order chi connectivity index (χ0) is 50.7. The molecule has 0 aromatic carbocycles. The van der Waals surface area contributed by atoms with E-state index in [0.717, 1.165) is 0 Å². The molecule has 0 aliphatic carbocycles. The number of aliphatic carboxylic acids is 6. The van der Waals surface area contributed by atoms with E-state index in [4.69, 9.17) is 37.9 Å². The number of carbonyl (C=O) groups is 12. The van der Waals surface area contributed by atoms with Gasteiger partial charge in [0.1, 0.15) is 32.7 Å². The number of likely N-dealkylation sites (N-methyl/N-ethyl adjacent to an activating group) is 2. The van der Waals surface area contributed by atoms with Crippen LogP contribution in [-0.4, -0.2) is 216 Å². The van der Waals surface area contributed by atoms with Crippen LogP contribution in [0.3, 0.4) is 0 Å². The monoisotopic (exact) mass is 944 g/mol. The van der Waals surface area contributed by atoms with Crippen LogP contribution < -0.4 is 0 Å². The van der Waals surface area contributed by atoms with Crippen LogP contribution in [0.25, 0.3) is 0 Å². The van der Waals surface area contributed by atoms with Gasteiger partial charge in [0, 0.05) is 0 Å². The Morgan fingerprint density at radius 3 is 1.00 bits per heavy atom. The summed E-state index contributed by atoms with van der Waals surface area (Å²) in [6.07, 6.45) is -17.7. The van der Waals surface area contributed by atoms with E-state index in [9.17, 15) is 88.2 Å². The number of carboxylic acid groups (broad SMARTS) is 6. The van der Waals surface area contributed by atoms with Gasteiger partial charge in [0.15, 0.2) is 12.2 Å². The van der Waals surface area contributed by atoms with Gasteiger partial charge in [-0.15, -0.1) is 0 Å². The van der Waals surface area contributed by atoms with Crippen molar-refractivity contribution in [3.05, 3.63) is 0 Å². The Balaban J connectivity index is 6.61. The third-order valence-corrected chi connectivity index (χ3v) is 8.15. The molecule has 28 nitrogen and oxygen atoms in total. The number of quaternary nitrogens is 2. The molecular weight excluding hydrogens is 888 g/mol. The Morgan fingerprint density at radius 1 is 0.462 bits per heavy atom. The lowest BCUT2D eigenvalue weighted by atomic mass is 9.94. The molecule has 0 aliphatic rings. The summed E-state index contributed by atoms with van der Waals surface area (Å²) in [5, 5.41) is 57.6. The number of hydrogen-bond donors (Lipinski definition) is 6. The molecule has 0 rings (SSSR count). The van der Waals surface area contributed by atoms with E-state index in [1.165, 1.54) is 13.8 Å². The molecule has 0 spiro atoms. The Labute approximate surface area is 369 Å². The highest BCUT2D eigenvalue weighted by Crippen LogP contribution is 2.27. The average molecular weight is 945 g/mol. The van der Waals surface area contributed by atoms with E-state index < -0.39 is 140 Å². The second kappa shape index (κ2) is 25.7. The van der Waals surface area contributed by atoms with Crippen molar-refractivity contribution < 1.29 is 135 Å². The maximum Gasteiger partial charge on any atom is 0.377 e. The molecule has 6 unspecified atom stereocenters. The number of carbonyl (C=O) groups excluding carboxylic acids is 6. The first kappa shape index (κ1) is 58.5. The number of hydrogen-bond acceptors (Lipinski definition) is 20. The van der Waals surface area contributed by atoms with E-state index in [1.807, 2.05) is 0 Å². The quantitative estimate of drug-likeness (QED) is 0.0137. The number of rotatable bonds is 32. The number of esters is 6. The number of carboxylic acids is 6. The normalized spacial score (nSPS) is 15.1. The Hall–Kier alpha value is -6.52. The first-order valence-electron chi connectivity index (χ1n) is 19.2. The van der Waals surface area contributed by atoms with Crippen molar-refractivity contribution in [2.75, 3.05) is 68.6 Å². The molecule has 6 atom stereocenters. The van der Waals surface area contributed by atoms with Gasteiger partial charge >= 0.3 is 84.2 Å². The summed E-state index contributed by atoms with van der Waals surface area (Å²) in [7, 11) is 10.1. The van der Waals surface area contributed by atoms with Crippen LogP contribution in [0.15, 0.2) is 0 Å². The summed E-state index contributed by atoms with van der Waals surface area (Å²) < 4.78 is 39.8. The molecule has 0 fully saturated rings. The lowest BCUT2D eigenvalue weighted by Gasteiger charge is -2.29. The van der Waals surface area contributed by atoms with Crippen molar-refractivity contribution >= 4 is 71.6 Å². The van der Waals surface area contributed by atoms with Crippen LogP contribution in [0, 0.1) is 0 Å². The average Bonchev–Trinajstić information content (AvgIpc) is 3.12. The molecule has 0 aliphatic heterocycles. The van der Waals surface area contributed by atoms with Gasteiger partial charge in [-0.1, -0.05) is 13.8 Å². The van der Waals surface area contributed by atoms with Crippen LogP contribution in [0.1, 0.15) is 58.8 Å². The highest BCUT2D eigenvalue weighted by atomic mass is 16.7. The van der Waals surface area contributed by atoms with Crippen molar-refractivity contribution in [1.29, 1.82) is 0 Å². The molecule has 0 amide bonds. The summed E-state index contributed by atoms with van der Waals surface area (Å²) in [5.74, 6) is -22.9. The summed E-state index contributed by atoms with van der Waals surface area (Å²) >= 11 is 0. The Morgan fingerprint density at radius 2 is 0.769 bits per heavy atom. The predicted octanol–water partition coefficient (Wildman–Crippen LogP) is -2.16. The summed E-state index contributed by atoms with van der Waals surface area (Å²) in [4.78, 5) is 149. The molecule has 0 bridgehead atoms. The summed E-state index contributed by atoms with van der Waals surface area (Å²) in [6, 6.07) is 0. The zero-order valence-electron chi connectivity index (χ0n) is 36.8. The minimum atomic E-state index is -3.48. The molecule has 6 N–H and O–H groups in total. The van der Waals surface area contributed by atoms with Crippen molar-refractivity contribution in [3.63, 3.8) is 0 Å². The summed E-state index contributed by atoms with van der Waals surface area (Å²) in [5.41, 5.74) is -6.96. The molecule has 0 aromatic heterocycles. The van der Waals surface area contributed by atoms with E-state index in [-0.39, 0.29) is 48.1 Å². The van der Waals surface area contributed by atoms with Crippen LogP contribution in [0.2, 0.25) is 0 Å². The van der Waals surface area contributed by atoms with Crippen molar-refractivity contribution in [1.82, 2.24) is 0 Å². The zero-order valence-corrected chi connectivity index (χ0v) is 36.8. The molecule has 65 heavy (non-hydrogen) atoms.